The van der Waals surface area contributed by atoms with Gasteiger partial charge in [0.25, 0.3) is 10.0 Å². The van der Waals surface area contributed by atoms with Gasteiger partial charge in [-0.2, -0.15) is 0 Å². The molecule has 0 bridgehead atoms. The van der Waals surface area contributed by atoms with E-state index in [9.17, 15) is 12.8 Å². The number of halogens is 3. The van der Waals surface area contributed by atoms with Crippen molar-refractivity contribution in [3.8, 4) is 0 Å². The second kappa shape index (κ2) is 6.60. The van der Waals surface area contributed by atoms with Gasteiger partial charge in [0.05, 0.1) is 11.1 Å². The number of para-hydroxylation sites is 1. The molecule has 0 spiro atoms. The molecule has 2 rings (SSSR count). The molecule has 21 heavy (non-hydrogen) atoms. The lowest BCUT2D eigenvalue weighted by Crippen LogP contribution is -2.10. The van der Waals surface area contributed by atoms with Crippen molar-refractivity contribution in [3.63, 3.8) is 0 Å². The Morgan fingerprint density at radius 3 is 2.43 bits per heavy atom. The molecule has 0 aliphatic rings. The Morgan fingerprint density at radius 2 is 1.81 bits per heavy atom. The maximum atomic E-state index is 13.6. The molecule has 0 saturated carbocycles. The van der Waals surface area contributed by atoms with Gasteiger partial charge < -0.3 is 0 Å². The second-order valence-electron chi connectivity index (χ2n) is 4.10. The molecule has 0 heterocycles. The van der Waals surface area contributed by atoms with Crippen molar-refractivity contribution in [3.05, 3.63) is 68.7 Å². The van der Waals surface area contributed by atoms with E-state index in [0.717, 1.165) is 5.41 Å². The normalized spacial score (nSPS) is 11.8. The Hall–Kier alpha value is -1.37. The summed E-state index contributed by atoms with van der Waals surface area (Å²) in [6.07, 6.45) is 1.40. The summed E-state index contributed by atoms with van der Waals surface area (Å²) >= 11 is 8.84. The second-order valence-corrected chi connectivity index (χ2v) is 6.96. The molecule has 0 aliphatic heterocycles. The van der Waals surface area contributed by atoms with E-state index >= 15 is 0 Å². The third-order valence-corrected chi connectivity index (χ3v) is 4.41. The number of sulfonamides is 1. The Morgan fingerprint density at radius 1 is 1.14 bits per heavy atom. The summed E-state index contributed by atoms with van der Waals surface area (Å²) in [6.45, 7) is 0. The minimum atomic E-state index is -3.82. The highest BCUT2D eigenvalue weighted by Crippen LogP contribution is 2.26. The highest BCUT2D eigenvalue weighted by atomic mass is 79.9. The number of rotatable bonds is 4. The van der Waals surface area contributed by atoms with Crippen molar-refractivity contribution in [2.24, 2.45) is 0 Å². The summed E-state index contributed by atoms with van der Waals surface area (Å²) in [5, 5.41) is 1.53. The molecule has 0 unspecified atom stereocenters. The predicted molar refractivity (Wildman–Crippen MR) is 87.1 cm³/mol. The van der Waals surface area contributed by atoms with E-state index in [2.05, 4.69) is 20.7 Å². The number of hydrogen-bond acceptors (Lipinski definition) is 2. The Balaban J connectivity index is 2.21. The molecular weight excluding hydrogens is 381 g/mol. The van der Waals surface area contributed by atoms with Crippen LogP contribution in [0.25, 0.3) is 6.08 Å². The molecule has 110 valence electrons. The minimum absolute atomic E-state index is 0.127. The molecule has 1 N–H and O–H groups in total. The summed E-state index contributed by atoms with van der Waals surface area (Å²) < 4.78 is 40.0. The van der Waals surface area contributed by atoms with Crippen molar-refractivity contribution in [2.75, 3.05) is 4.72 Å². The van der Waals surface area contributed by atoms with Crippen molar-refractivity contribution >= 4 is 49.3 Å². The smallest absolute Gasteiger partial charge is 0.255 e. The number of benzene rings is 2. The van der Waals surface area contributed by atoms with Crippen LogP contribution >= 0.6 is 27.5 Å². The molecule has 0 saturated heterocycles. The highest BCUT2D eigenvalue weighted by Gasteiger charge is 2.12. The SMILES string of the molecule is O=S(=O)(C=Cc1ccc(Cl)cc1)Nc1c(F)cccc1Br. The van der Waals surface area contributed by atoms with Crippen molar-refractivity contribution in [1.82, 2.24) is 0 Å². The van der Waals surface area contributed by atoms with Gasteiger partial charge in [-0.3, -0.25) is 4.72 Å². The maximum Gasteiger partial charge on any atom is 0.255 e. The highest BCUT2D eigenvalue weighted by molar-refractivity contribution is 9.10. The fraction of sp³-hybridized carbons (Fsp3) is 0. The molecule has 0 fully saturated rings. The minimum Gasteiger partial charge on any atom is -0.276 e. The van der Waals surface area contributed by atoms with Crippen LogP contribution in [0.5, 0.6) is 0 Å². The van der Waals surface area contributed by atoms with E-state index in [0.29, 0.717) is 15.1 Å². The molecule has 2 aromatic carbocycles. The predicted octanol–water partition coefficient (Wildman–Crippen LogP) is 4.65. The van der Waals surface area contributed by atoms with E-state index < -0.39 is 15.8 Å². The molecule has 0 atom stereocenters. The van der Waals surface area contributed by atoms with Gasteiger partial charge in [0.1, 0.15) is 5.82 Å². The first-order chi connectivity index (χ1) is 9.87. The summed E-state index contributed by atoms with van der Waals surface area (Å²) in [4.78, 5) is 0. The Bertz CT molecular complexity index is 756. The zero-order chi connectivity index (χ0) is 15.5. The van der Waals surface area contributed by atoms with E-state index in [1.165, 1.54) is 18.2 Å². The molecule has 0 aliphatic carbocycles. The van der Waals surface area contributed by atoms with Crippen LogP contribution in [0.4, 0.5) is 10.1 Å². The maximum absolute atomic E-state index is 13.6. The standard InChI is InChI=1S/C14H10BrClFNO2S/c15-12-2-1-3-13(17)14(12)18-21(19,20)9-8-10-4-6-11(16)7-5-10/h1-9,18H. The topological polar surface area (TPSA) is 46.2 Å². The first kappa shape index (κ1) is 16.0. The van der Waals surface area contributed by atoms with Gasteiger partial charge in [-0.1, -0.05) is 29.8 Å². The monoisotopic (exact) mass is 389 g/mol. The van der Waals surface area contributed by atoms with Gasteiger partial charge in [0.15, 0.2) is 0 Å². The van der Waals surface area contributed by atoms with Crippen molar-refractivity contribution in [2.45, 2.75) is 0 Å². The summed E-state index contributed by atoms with van der Waals surface area (Å²) in [6, 6.07) is 10.8. The first-order valence-corrected chi connectivity index (χ1v) is 8.49. The van der Waals surface area contributed by atoms with Gasteiger partial charge in [0.2, 0.25) is 0 Å². The third-order valence-electron chi connectivity index (χ3n) is 2.52. The molecule has 7 heteroatoms. The Kier molecular flexibility index (Phi) is 5.03. The van der Waals surface area contributed by atoms with Gasteiger partial charge in [-0.15, -0.1) is 0 Å². The first-order valence-electron chi connectivity index (χ1n) is 5.78. The molecule has 0 radical (unpaired) electrons. The quantitative estimate of drug-likeness (QED) is 0.825. The number of nitrogens with one attached hydrogen (secondary N) is 1. The molecule has 3 nitrogen and oxygen atoms in total. The fourth-order valence-corrected chi connectivity index (χ4v) is 3.11. The molecule has 0 aromatic heterocycles. The van der Waals surface area contributed by atoms with Crippen LogP contribution in [0.2, 0.25) is 5.02 Å². The van der Waals surface area contributed by atoms with Gasteiger partial charge in [0, 0.05) is 9.50 Å². The van der Waals surface area contributed by atoms with Crippen LogP contribution < -0.4 is 4.72 Å². The van der Waals surface area contributed by atoms with E-state index in [-0.39, 0.29) is 5.69 Å². The van der Waals surface area contributed by atoms with E-state index in [1.54, 1.807) is 30.3 Å². The summed E-state index contributed by atoms with van der Waals surface area (Å²) in [5.41, 5.74) is 0.538. The summed E-state index contributed by atoms with van der Waals surface area (Å²) in [7, 11) is -3.82. The van der Waals surface area contributed by atoms with Crippen LogP contribution in [0.15, 0.2) is 52.3 Å². The zero-order valence-electron chi connectivity index (χ0n) is 10.6. The van der Waals surface area contributed by atoms with Crippen molar-refractivity contribution < 1.29 is 12.8 Å². The van der Waals surface area contributed by atoms with Gasteiger partial charge in [-0.25, -0.2) is 12.8 Å². The zero-order valence-corrected chi connectivity index (χ0v) is 13.7. The van der Waals surface area contributed by atoms with Crippen LogP contribution in [0.1, 0.15) is 5.56 Å². The average molecular weight is 391 g/mol. The average Bonchev–Trinajstić information content (AvgIpc) is 2.43. The number of anilines is 1. The molecule has 0 amide bonds. The van der Waals surface area contributed by atoms with E-state index in [4.69, 9.17) is 11.6 Å². The fourth-order valence-electron chi connectivity index (χ4n) is 1.51. The van der Waals surface area contributed by atoms with Crippen LogP contribution in [0.3, 0.4) is 0 Å². The number of hydrogen-bond donors (Lipinski definition) is 1. The molecule has 2 aromatic rings. The van der Waals surface area contributed by atoms with Crippen LogP contribution in [-0.4, -0.2) is 8.42 Å². The van der Waals surface area contributed by atoms with Gasteiger partial charge >= 0.3 is 0 Å². The Labute approximate surface area is 135 Å². The third kappa shape index (κ3) is 4.56. The van der Waals surface area contributed by atoms with Gasteiger partial charge in [-0.05, 0) is 51.8 Å². The van der Waals surface area contributed by atoms with Crippen molar-refractivity contribution in [1.29, 1.82) is 0 Å². The lowest BCUT2D eigenvalue weighted by atomic mass is 10.2. The largest absolute Gasteiger partial charge is 0.276 e. The van der Waals surface area contributed by atoms with E-state index in [1.807, 2.05) is 0 Å². The van der Waals surface area contributed by atoms with Crippen LogP contribution in [0, 0.1) is 5.82 Å². The molecular formula is C14H10BrClFNO2S. The lowest BCUT2D eigenvalue weighted by molar-refractivity contribution is 0.606. The van der Waals surface area contributed by atoms with Crippen LogP contribution in [-0.2, 0) is 10.0 Å². The summed E-state index contributed by atoms with van der Waals surface area (Å²) in [5.74, 6) is -0.659. The lowest BCUT2D eigenvalue weighted by Gasteiger charge is -2.07.